The molecule has 0 aliphatic rings. The zero-order chi connectivity index (χ0) is 14.4. The van der Waals surface area contributed by atoms with Gasteiger partial charge in [-0.05, 0) is 23.6 Å². The van der Waals surface area contributed by atoms with Gasteiger partial charge in [-0.15, -0.1) is 0 Å². The lowest BCUT2D eigenvalue weighted by Gasteiger charge is -2.17. The Morgan fingerprint density at radius 3 is 2.32 bits per heavy atom. The summed E-state index contributed by atoms with van der Waals surface area (Å²) in [6.45, 7) is 4.04. The molecule has 19 heavy (non-hydrogen) atoms. The molecule has 1 amide bonds. The SMILES string of the molecule is COC(=O)C(C(=O)NCc1ccc(Br)cc1)C(C)C. The predicted octanol–water partition coefficient (Wildman–Crippen LogP) is 2.51. The van der Waals surface area contributed by atoms with E-state index in [2.05, 4.69) is 26.0 Å². The summed E-state index contributed by atoms with van der Waals surface area (Å²) < 4.78 is 5.64. The minimum atomic E-state index is -0.763. The normalized spacial score (nSPS) is 12.1. The van der Waals surface area contributed by atoms with Crippen LogP contribution in [0.15, 0.2) is 28.7 Å². The molecule has 1 unspecified atom stereocenters. The van der Waals surface area contributed by atoms with Gasteiger partial charge in [0.05, 0.1) is 7.11 Å². The van der Waals surface area contributed by atoms with Gasteiger partial charge in [0.25, 0.3) is 0 Å². The van der Waals surface area contributed by atoms with E-state index in [1.165, 1.54) is 7.11 Å². The lowest BCUT2D eigenvalue weighted by atomic mass is 9.95. The smallest absolute Gasteiger partial charge is 0.318 e. The van der Waals surface area contributed by atoms with Gasteiger partial charge in [0, 0.05) is 11.0 Å². The van der Waals surface area contributed by atoms with E-state index in [-0.39, 0.29) is 11.8 Å². The number of hydrogen-bond donors (Lipinski definition) is 1. The highest BCUT2D eigenvalue weighted by molar-refractivity contribution is 9.10. The van der Waals surface area contributed by atoms with Gasteiger partial charge in [-0.25, -0.2) is 0 Å². The van der Waals surface area contributed by atoms with Crippen molar-refractivity contribution in [2.24, 2.45) is 11.8 Å². The number of rotatable bonds is 5. The molecule has 0 bridgehead atoms. The molecule has 0 radical (unpaired) electrons. The molecule has 0 fully saturated rings. The van der Waals surface area contributed by atoms with E-state index in [4.69, 9.17) is 0 Å². The van der Waals surface area contributed by atoms with E-state index in [9.17, 15) is 9.59 Å². The third-order valence-corrected chi connectivity index (χ3v) is 3.31. The molecule has 104 valence electrons. The average Bonchev–Trinajstić information content (AvgIpc) is 2.37. The van der Waals surface area contributed by atoms with Crippen LogP contribution >= 0.6 is 15.9 Å². The molecule has 1 aromatic carbocycles. The van der Waals surface area contributed by atoms with Gasteiger partial charge in [-0.3, -0.25) is 9.59 Å². The van der Waals surface area contributed by atoms with E-state index in [0.29, 0.717) is 6.54 Å². The number of ether oxygens (including phenoxy) is 1. The highest BCUT2D eigenvalue weighted by atomic mass is 79.9. The Morgan fingerprint density at radius 1 is 1.26 bits per heavy atom. The largest absolute Gasteiger partial charge is 0.468 e. The highest BCUT2D eigenvalue weighted by Gasteiger charge is 2.30. The zero-order valence-electron chi connectivity index (χ0n) is 11.3. The third-order valence-electron chi connectivity index (χ3n) is 2.78. The Balaban J connectivity index is 2.62. The summed E-state index contributed by atoms with van der Waals surface area (Å²) in [4.78, 5) is 23.6. The Labute approximate surface area is 121 Å². The first kappa shape index (κ1) is 15.7. The van der Waals surface area contributed by atoms with Gasteiger partial charge in [-0.2, -0.15) is 0 Å². The molecule has 4 nitrogen and oxygen atoms in total. The van der Waals surface area contributed by atoms with Crippen molar-refractivity contribution in [1.29, 1.82) is 0 Å². The molecule has 0 saturated heterocycles. The molecule has 1 N–H and O–H groups in total. The number of carbonyl (C=O) groups is 2. The van der Waals surface area contributed by atoms with Gasteiger partial charge in [0.15, 0.2) is 0 Å². The van der Waals surface area contributed by atoms with Crippen molar-refractivity contribution >= 4 is 27.8 Å². The fraction of sp³-hybridized carbons (Fsp3) is 0.429. The predicted molar refractivity (Wildman–Crippen MR) is 76.3 cm³/mol. The van der Waals surface area contributed by atoms with Crippen LogP contribution in [0.2, 0.25) is 0 Å². The first-order chi connectivity index (χ1) is 8.95. The second-order valence-electron chi connectivity index (χ2n) is 4.59. The lowest BCUT2D eigenvalue weighted by Crippen LogP contribution is -2.38. The molecule has 1 aromatic rings. The first-order valence-electron chi connectivity index (χ1n) is 6.05. The van der Waals surface area contributed by atoms with E-state index < -0.39 is 11.9 Å². The lowest BCUT2D eigenvalue weighted by molar-refractivity contribution is -0.151. The van der Waals surface area contributed by atoms with Crippen LogP contribution in [0.5, 0.6) is 0 Å². The molecule has 0 aliphatic carbocycles. The third kappa shape index (κ3) is 4.67. The topological polar surface area (TPSA) is 55.4 Å². The van der Waals surface area contributed by atoms with Crippen molar-refractivity contribution in [3.63, 3.8) is 0 Å². The molecule has 1 rings (SSSR count). The van der Waals surface area contributed by atoms with E-state index >= 15 is 0 Å². The summed E-state index contributed by atoms with van der Waals surface area (Å²) >= 11 is 3.35. The quantitative estimate of drug-likeness (QED) is 0.667. The second-order valence-corrected chi connectivity index (χ2v) is 5.50. The number of methoxy groups -OCH3 is 1. The molecule has 1 atom stereocenters. The summed E-state index contributed by atoms with van der Waals surface area (Å²) in [5, 5.41) is 2.76. The maximum Gasteiger partial charge on any atom is 0.318 e. The second kappa shape index (κ2) is 7.28. The fourth-order valence-corrected chi connectivity index (χ4v) is 1.97. The molecule has 0 heterocycles. The van der Waals surface area contributed by atoms with Crippen LogP contribution in [0, 0.1) is 11.8 Å². The highest BCUT2D eigenvalue weighted by Crippen LogP contribution is 2.14. The van der Waals surface area contributed by atoms with Crippen LogP contribution in [0.3, 0.4) is 0 Å². The molecule has 0 aromatic heterocycles. The number of carbonyl (C=O) groups excluding carboxylic acids is 2. The molecule has 0 saturated carbocycles. The number of benzene rings is 1. The number of halogens is 1. The standard InChI is InChI=1S/C14H18BrNO3/c1-9(2)12(14(18)19-3)13(17)16-8-10-4-6-11(15)7-5-10/h4-7,9,12H,8H2,1-3H3,(H,16,17). The molecule has 0 aliphatic heterocycles. The summed E-state index contributed by atoms with van der Waals surface area (Å²) in [7, 11) is 1.29. The van der Waals surface area contributed by atoms with Gasteiger partial charge in [0.2, 0.25) is 5.91 Å². The summed E-state index contributed by atoms with van der Waals surface area (Å²) in [5.41, 5.74) is 0.976. The van der Waals surface area contributed by atoms with E-state index in [1.54, 1.807) is 0 Å². The number of nitrogens with one attached hydrogen (secondary N) is 1. The van der Waals surface area contributed by atoms with Crippen molar-refractivity contribution in [2.45, 2.75) is 20.4 Å². The minimum absolute atomic E-state index is 0.0997. The molecular formula is C14H18BrNO3. The maximum atomic E-state index is 12.0. The van der Waals surface area contributed by atoms with Gasteiger partial charge < -0.3 is 10.1 Å². The van der Waals surface area contributed by atoms with Crippen LogP contribution < -0.4 is 5.32 Å². The van der Waals surface area contributed by atoms with Crippen LogP contribution in [0.1, 0.15) is 19.4 Å². The van der Waals surface area contributed by atoms with Gasteiger partial charge in [-0.1, -0.05) is 41.9 Å². The molecule has 0 spiro atoms. The van der Waals surface area contributed by atoms with Crippen molar-refractivity contribution in [2.75, 3.05) is 7.11 Å². The van der Waals surface area contributed by atoms with Crippen molar-refractivity contribution in [1.82, 2.24) is 5.32 Å². The fourth-order valence-electron chi connectivity index (χ4n) is 1.71. The maximum absolute atomic E-state index is 12.0. The summed E-state index contributed by atoms with van der Waals surface area (Å²) in [6, 6.07) is 7.63. The Hall–Kier alpha value is -1.36. The average molecular weight is 328 g/mol. The Bertz CT molecular complexity index is 443. The number of esters is 1. The summed E-state index contributed by atoms with van der Waals surface area (Å²) in [6.07, 6.45) is 0. The van der Waals surface area contributed by atoms with Crippen molar-refractivity contribution < 1.29 is 14.3 Å². The van der Waals surface area contributed by atoms with E-state index in [1.807, 2.05) is 38.1 Å². The Kier molecular flexibility index (Phi) is 6.02. The number of amides is 1. The van der Waals surface area contributed by atoms with Crippen molar-refractivity contribution in [3.8, 4) is 0 Å². The van der Waals surface area contributed by atoms with Crippen molar-refractivity contribution in [3.05, 3.63) is 34.3 Å². The monoisotopic (exact) mass is 327 g/mol. The molecular weight excluding hydrogens is 310 g/mol. The van der Waals surface area contributed by atoms with Crippen LogP contribution in [0.25, 0.3) is 0 Å². The van der Waals surface area contributed by atoms with Crippen LogP contribution in [-0.4, -0.2) is 19.0 Å². The summed E-state index contributed by atoms with van der Waals surface area (Å²) in [5.74, 6) is -1.66. The number of hydrogen-bond acceptors (Lipinski definition) is 3. The zero-order valence-corrected chi connectivity index (χ0v) is 12.9. The van der Waals surface area contributed by atoms with Crippen LogP contribution in [0.4, 0.5) is 0 Å². The van der Waals surface area contributed by atoms with Gasteiger partial charge in [0.1, 0.15) is 5.92 Å². The molecule has 5 heteroatoms. The van der Waals surface area contributed by atoms with E-state index in [0.717, 1.165) is 10.0 Å². The van der Waals surface area contributed by atoms with Crippen LogP contribution in [-0.2, 0) is 20.9 Å². The minimum Gasteiger partial charge on any atom is -0.468 e. The van der Waals surface area contributed by atoms with Gasteiger partial charge >= 0.3 is 5.97 Å². The first-order valence-corrected chi connectivity index (χ1v) is 6.85. The Morgan fingerprint density at radius 2 is 1.84 bits per heavy atom.